The molecule has 0 N–H and O–H groups in total. The van der Waals surface area contributed by atoms with E-state index in [1.807, 2.05) is 36.4 Å². The van der Waals surface area contributed by atoms with Crippen LogP contribution < -0.4 is 14.4 Å². The summed E-state index contributed by atoms with van der Waals surface area (Å²) in [6.45, 7) is 7.84. The first-order chi connectivity index (χ1) is 17.4. The van der Waals surface area contributed by atoms with Gasteiger partial charge in [-0.25, -0.2) is 4.79 Å². The van der Waals surface area contributed by atoms with Crippen LogP contribution in [0.4, 0.5) is 5.69 Å². The van der Waals surface area contributed by atoms with E-state index in [0.717, 1.165) is 34.2 Å². The maximum absolute atomic E-state index is 13.0. The summed E-state index contributed by atoms with van der Waals surface area (Å²) in [5.74, 6) is 0.187. The first-order valence-electron chi connectivity index (χ1n) is 11.7. The molecule has 0 unspecified atom stereocenters. The Kier molecular flexibility index (Phi) is 6.41. The van der Waals surface area contributed by atoms with Crippen molar-refractivity contribution >= 4 is 50.4 Å². The fraction of sp³-hybridized carbons (Fsp3) is 0.172. The number of rotatable bonds is 6. The lowest BCUT2D eigenvalue weighted by molar-refractivity contribution is 0.0702. The SMILES string of the molecule is CCN(CC)c1ccc(/C=C2\Oc3c(ccc(OC(=O)c4cc5cc(Br)ccc5o4)c3C)C2=O)cc1. The third-order valence-corrected chi connectivity index (χ3v) is 6.73. The van der Waals surface area contributed by atoms with Crippen LogP contribution >= 0.6 is 15.9 Å². The number of carbonyl (C=O) groups is 2. The number of hydrogen-bond donors (Lipinski definition) is 0. The van der Waals surface area contributed by atoms with E-state index in [4.69, 9.17) is 13.9 Å². The van der Waals surface area contributed by atoms with Crippen molar-refractivity contribution < 1.29 is 23.5 Å². The number of nitrogens with zero attached hydrogens (tertiary/aromatic N) is 1. The number of ketones is 1. The highest BCUT2D eigenvalue weighted by Crippen LogP contribution is 2.39. The van der Waals surface area contributed by atoms with Crippen molar-refractivity contribution in [2.45, 2.75) is 20.8 Å². The molecule has 6 nitrogen and oxygen atoms in total. The molecule has 0 fully saturated rings. The molecule has 2 heterocycles. The van der Waals surface area contributed by atoms with Gasteiger partial charge in [-0.15, -0.1) is 0 Å². The predicted octanol–water partition coefficient (Wildman–Crippen LogP) is 7.19. The smallest absolute Gasteiger partial charge is 0.379 e. The molecule has 0 radical (unpaired) electrons. The molecule has 0 saturated heterocycles. The van der Waals surface area contributed by atoms with Crippen molar-refractivity contribution in [2.24, 2.45) is 0 Å². The number of Topliss-reactive ketones (excluding diaryl/α,β-unsaturated/α-hetero) is 1. The number of ether oxygens (including phenoxy) is 2. The lowest BCUT2D eigenvalue weighted by Gasteiger charge is -2.20. The van der Waals surface area contributed by atoms with Crippen LogP contribution in [0.1, 0.15) is 45.9 Å². The number of esters is 1. The normalized spacial score (nSPS) is 13.7. The number of halogens is 1. The number of hydrogen-bond acceptors (Lipinski definition) is 6. The molecule has 0 saturated carbocycles. The third-order valence-electron chi connectivity index (χ3n) is 6.24. The monoisotopic (exact) mass is 545 g/mol. The Morgan fingerprint density at radius 1 is 1.03 bits per heavy atom. The van der Waals surface area contributed by atoms with Crippen LogP contribution in [0.15, 0.2) is 75.3 Å². The fourth-order valence-electron chi connectivity index (χ4n) is 4.27. The minimum absolute atomic E-state index is 0.0914. The average molecular weight is 546 g/mol. The Morgan fingerprint density at radius 3 is 2.50 bits per heavy atom. The zero-order chi connectivity index (χ0) is 25.4. The number of carbonyl (C=O) groups excluding carboxylic acids is 2. The van der Waals surface area contributed by atoms with Gasteiger partial charge in [0.2, 0.25) is 11.5 Å². The summed E-state index contributed by atoms with van der Waals surface area (Å²) < 4.78 is 18.1. The average Bonchev–Trinajstić information content (AvgIpc) is 3.44. The molecule has 7 heteroatoms. The maximum atomic E-state index is 13.0. The van der Waals surface area contributed by atoms with Gasteiger partial charge >= 0.3 is 5.97 Å². The summed E-state index contributed by atoms with van der Waals surface area (Å²) in [5, 5.41) is 0.788. The molecule has 36 heavy (non-hydrogen) atoms. The van der Waals surface area contributed by atoms with Gasteiger partial charge in [0.1, 0.15) is 17.1 Å². The zero-order valence-corrected chi connectivity index (χ0v) is 21.7. The Balaban J connectivity index is 1.36. The third kappa shape index (κ3) is 4.42. The van der Waals surface area contributed by atoms with Gasteiger partial charge < -0.3 is 18.8 Å². The maximum Gasteiger partial charge on any atom is 0.379 e. The van der Waals surface area contributed by atoms with Crippen molar-refractivity contribution in [2.75, 3.05) is 18.0 Å². The van der Waals surface area contributed by atoms with Crippen LogP contribution in [-0.4, -0.2) is 24.8 Å². The van der Waals surface area contributed by atoms with E-state index in [0.29, 0.717) is 28.2 Å². The lowest BCUT2D eigenvalue weighted by Crippen LogP contribution is -2.21. The molecule has 3 aromatic carbocycles. The first-order valence-corrected chi connectivity index (χ1v) is 12.5. The zero-order valence-electron chi connectivity index (χ0n) is 20.1. The minimum atomic E-state index is -0.626. The molecule has 1 aliphatic heterocycles. The molecule has 1 aromatic heterocycles. The van der Waals surface area contributed by atoms with Crippen molar-refractivity contribution in [3.63, 3.8) is 0 Å². The number of benzene rings is 3. The fourth-order valence-corrected chi connectivity index (χ4v) is 4.64. The van der Waals surface area contributed by atoms with Crippen LogP contribution in [-0.2, 0) is 0 Å². The van der Waals surface area contributed by atoms with Crippen LogP contribution in [0, 0.1) is 6.92 Å². The summed E-state index contributed by atoms with van der Waals surface area (Å²) in [7, 11) is 0. The molecule has 0 bridgehead atoms. The number of fused-ring (bicyclic) bond motifs is 2. The largest absolute Gasteiger partial charge is 0.452 e. The predicted molar refractivity (Wildman–Crippen MR) is 143 cm³/mol. The molecule has 182 valence electrons. The van der Waals surface area contributed by atoms with Gasteiger partial charge in [-0.05, 0) is 80.9 Å². The van der Waals surface area contributed by atoms with Crippen LogP contribution in [0.3, 0.4) is 0 Å². The molecule has 0 amide bonds. The van der Waals surface area contributed by atoms with Crippen molar-refractivity contribution in [3.8, 4) is 11.5 Å². The van der Waals surface area contributed by atoms with E-state index >= 15 is 0 Å². The number of allylic oxidation sites excluding steroid dienone is 1. The van der Waals surface area contributed by atoms with Gasteiger partial charge in [0, 0.05) is 34.2 Å². The Labute approximate surface area is 217 Å². The van der Waals surface area contributed by atoms with Crippen LogP contribution in [0.5, 0.6) is 11.5 Å². The highest BCUT2D eigenvalue weighted by atomic mass is 79.9. The van der Waals surface area contributed by atoms with Crippen molar-refractivity contribution in [1.29, 1.82) is 0 Å². The Bertz CT molecular complexity index is 1510. The van der Waals surface area contributed by atoms with E-state index in [2.05, 4.69) is 34.7 Å². The molecule has 0 aliphatic carbocycles. The second-order valence-corrected chi connectivity index (χ2v) is 9.37. The molecular formula is C29H24BrNO5. The van der Waals surface area contributed by atoms with E-state index in [-0.39, 0.29) is 17.3 Å². The topological polar surface area (TPSA) is 69.0 Å². The van der Waals surface area contributed by atoms with E-state index in [1.165, 1.54) is 0 Å². The van der Waals surface area contributed by atoms with Gasteiger partial charge in [-0.2, -0.15) is 0 Å². The summed E-state index contributed by atoms with van der Waals surface area (Å²) in [6, 6.07) is 18.3. The Morgan fingerprint density at radius 2 is 1.78 bits per heavy atom. The molecule has 0 atom stereocenters. The number of anilines is 1. The second kappa shape index (κ2) is 9.66. The first kappa shape index (κ1) is 23.9. The highest BCUT2D eigenvalue weighted by molar-refractivity contribution is 9.10. The number of furan rings is 1. The van der Waals surface area contributed by atoms with Crippen molar-refractivity contribution in [1.82, 2.24) is 0 Å². The summed E-state index contributed by atoms with van der Waals surface area (Å²) in [6.07, 6.45) is 1.73. The van der Waals surface area contributed by atoms with Gasteiger partial charge in [0.25, 0.3) is 0 Å². The minimum Gasteiger partial charge on any atom is -0.452 e. The molecule has 1 aliphatic rings. The lowest BCUT2D eigenvalue weighted by atomic mass is 10.1. The molecule has 0 spiro atoms. The second-order valence-electron chi connectivity index (χ2n) is 8.45. The van der Waals surface area contributed by atoms with Gasteiger partial charge in [0.15, 0.2) is 5.76 Å². The van der Waals surface area contributed by atoms with Gasteiger partial charge in [-0.1, -0.05) is 28.1 Å². The Hall–Kier alpha value is -3.84. The standard InChI is InChI=1S/C29H24BrNO5/c1-4-31(5-2)21-9-6-18(7-10-21)14-25-27(32)22-11-13-23(17(3)28(22)35-25)36-29(33)26-16-19-15-20(30)8-12-24(19)34-26/h6-16H,4-5H2,1-3H3/b25-14-. The van der Waals surface area contributed by atoms with E-state index < -0.39 is 5.97 Å². The van der Waals surface area contributed by atoms with E-state index in [1.54, 1.807) is 37.3 Å². The summed E-state index contributed by atoms with van der Waals surface area (Å²) in [4.78, 5) is 28.0. The molecule has 5 rings (SSSR count). The quantitative estimate of drug-likeness (QED) is 0.145. The molecular weight excluding hydrogens is 522 g/mol. The molecule has 4 aromatic rings. The van der Waals surface area contributed by atoms with Crippen LogP contribution in [0.2, 0.25) is 0 Å². The van der Waals surface area contributed by atoms with Gasteiger partial charge in [0.05, 0.1) is 5.56 Å². The van der Waals surface area contributed by atoms with Crippen LogP contribution in [0.25, 0.3) is 17.0 Å². The van der Waals surface area contributed by atoms with Crippen molar-refractivity contribution in [3.05, 3.63) is 93.3 Å². The summed E-state index contributed by atoms with van der Waals surface area (Å²) in [5.41, 5.74) is 3.58. The highest BCUT2D eigenvalue weighted by Gasteiger charge is 2.31. The van der Waals surface area contributed by atoms with Gasteiger partial charge in [-0.3, -0.25) is 4.79 Å². The summed E-state index contributed by atoms with van der Waals surface area (Å²) >= 11 is 3.41. The van der Waals surface area contributed by atoms with E-state index in [9.17, 15) is 9.59 Å².